The van der Waals surface area contributed by atoms with Crippen molar-refractivity contribution in [2.45, 2.75) is 18.9 Å². The van der Waals surface area contributed by atoms with Gasteiger partial charge in [-0.2, -0.15) is 4.73 Å². The van der Waals surface area contributed by atoms with E-state index in [0.29, 0.717) is 17.1 Å². The summed E-state index contributed by atoms with van der Waals surface area (Å²) in [5, 5.41) is 20.8. The van der Waals surface area contributed by atoms with E-state index in [1.807, 2.05) is 12.1 Å². The van der Waals surface area contributed by atoms with Gasteiger partial charge in [0.2, 0.25) is 0 Å². The molecule has 3 rings (SSSR count). The van der Waals surface area contributed by atoms with Crippen molar-refractivity contribution in [1.82, 2.24) is 14.6 Å². The maximum absolute atomic E-state index is 9.96. The molecule has 0 atom stereocenters. The van der Waals surface area contributed by atoms with Gasteiger partial charge in [0.05, 0.1) is 11.7 Å². The van der Waals surface area contributed by atoms with Gasteiger partial charge in [-0.3, -0.25) is 0 Å². The highest BCUT2D eigenvalue weighted by atomic mass is 79.9. The average Bonchev–Trinajstić information content (AvgIpc) is 2.78. The standard InChI is InChI=1S/C14H18BrN5O/c1-19-4-2-9(3-5-19)17-10-6-11(15)14-12(7-10)18-13(8-16)20(14)21/h6-9,16-17,21H,2-5H2,1H3. The average molecular weight is 352 g/mol. The molecule has 1 saturated heterocycles. The molecular formula is C14H18BrN5O. The second-order valence-corrected chi connectivity index (χ2v) is 6.33. The first kappa shape index (κ1) is 14.3. The van der Waals surface area contributed by atoms with Gasteiger partial charge in [0.15, 0.2) is 5.82 Å². The molecule has 0 unspecified atom stereocenters. The topological polar surface area (TPSA) is 77.2 Å². The summed E-state index contributed by atoms with van der Waals surface area (Å²) in [5.74, 6) is 0.224. The van der Waals surface area contributed by atoms with Crippen molar-refractivity contribution in [3.63, 3.8) is 0 Å². The Morgan fingerprint density at radius 2 is 2.14 bits per heavy atom. The zero-order valence-corrected chi connectivity index (χ0v) is 13.4. The number of nitrogens with one attached hydrogen (secondary N) is 2. The molecule has 2 heterocycles. The van der Waals surface area contributed by atoms with Crippen LogP contribution in [0, 0.1) is 5.41 Å². The summed E-state index contributed by atoms with van der Waals surface area (Å²) < 4.78 is 1.70. The van der Waals surface area contributed by atoms with Crippen LogP contribution in [0.25, 0.3) is 11.0 Å². The summed E-state index contributed by atoms with van der Waals surface area (Å²) >= 11 is 3.47. The van der Waals surface area contributed by atoms with Crippen LogP contribution in [-0.4, -0.2) is 52.2 Å². The fourth-order valence-electron chi connectivity index (χ4n) is 2.73. The Labute approximate surface area is 131 Å². The number of piperidine rings is 1. The van der Waals surface area contributed by atoms with E-state index in [-0.39, 0.29) is 5.82 Å². The van der Waals surface area contributed by atoms with E-state index in [2.05, 4.69) is 38.2 Å². The third-order valence-corrected chi connectivity index (χ3v) is 4.53. The maximum Gasteiger partial charge on any atom is 0.187 e. The lowest BCUT2D eigenvalue weighted by atomic mass is 10.1. The Kier molecular flexibility index (Phi) is 3.86. The second kappa shape index (κ2) is 5.65. The largest absolute Gasteiger partial charge is 0.426 e. The van der Waals surface area contributed by atoms with Crippen LogP contribution in [0.5, 0.6) is 0 Å². The molecule has 0 saturated carbocycles. The summed E-state index contributed by atoms with van der Waals surface area (Å²) in [5.41, 5.74) is 2.24. The Morgan fingerprint density at radius 1 is 1.43 bits per heavy atom. The molecule has 1 aliphatic rings. The highest BCUT2D eigenvalue weighted by Gasteiger charge is 2.18. The normalized spacial score (nSPS) is 17.2. The van der Waals surface area contributed by atoms with Crippen molar-refractivity contribution in [2.75, 3.05) is 25.5 Å². The number of benzene rings is 1. The summed E-state index contributed by atoms with van der Waals surface area (Å²) in [6, 6.07) is 4.32. The van der Waals surface area contributed by atoms with Gasteiger partial charge in [-0.1, -0.05) is 0 Å². The molecule has 7 heteroatoms. The zero-order valence-electron chi connectivity index (χ0n) is 11.8. The van der Waals surface area contributed by atoms with Gasteiger partial charge >= 0.3 is 0 Å². The van der Waals surface area contributed by atoms with Gasteiger partial charge in [0, 0.05) is 16.2 Å². The third-order valence-electron chi connectivity index (χ3n) is 3.93. The minimum Gasteiger partial charge on any atom is -0.426 e. The van der Waals surface area contributed by atoms with Gasteiger partial charge in [-0.05, 0) is 61.0 Å². The van der Waals surface area contributed by atoms with Crippen molar-refractivity contribution in [3.05, 3.63) is 22.4 Å². The van der Waals surface area contributed by atoms with Crippen LogP contribution in [0.2, 0.25) is 0 Å². The first-order chi connectivity index (χ1) is 10.1. The van der Waals surface area contributed by atoms with Gasteiger partial charge in [-0.25, -0.2) is 4.98 Å². The van der Waals surface area contributed by atoms with Crippen LogP contribution in [0.3, 0.4) is 0 Å². The van der Waals surface area contributed by atoms with E-state index in [4.69, 9.17) is 5.41 Å². The van der Waals surface area contributed by atoms with Crippen LogP contribution in [0.1, 0.15) is 18.7 Å². The molecule has 0 radical (unpaired) electrons. The highest BCUT2D eigenvalue weighted by molar-refractivity contribution is 9.10. The number of imidazole rings is 1. The van der Waals surface area contributed by atoms with Crippen molar-refractivity contribution < 1.29 is 5.21 Å². The molecule has 112 valence electrons. The molecule has 6 nitrogen and oxygen atoms in total. The SMILES string of the molecule is CN1CCC(Nc2cc(Br)c3c(c2)nc(C=N)n3O)CC1. The molecule has 2 aromatic rings. The first-order valence-electron chi connectivity index (χ1n) is 6.95. The molecule has 0 spiro atoms. The van der Waals surface area contributed by atoms with Gasteiger partial charge in [-0.15, -0.1) is 0 Å². The molecule has 1 aromatic carbocycles. The lowest BCUT2D eigenvalue weighted by molar-refractivity contribution is 0.196. The first-order valence-corrected chi connectivity index (χ1v) is 7.74. The van der Waals surface area contributed by atoms with E-state index in [9.17, 15) is 5.21 Å². The predicted molar refractivity (Wildman–Crippen MR) is 86.6 cm³/mol. The molecular weight excluding hydrogens is 334 g/mol. The monoisotopic (exact) mass is 351 g/mol. The Balaban J connectivity index is 1.88. The van der Waals surface area contributed by atoms with Crippen molar-refractivity contribution in [2.24, 2.45) is 0 Å². The smallest absolute Gasteiger partial charge is 0.187 e. The van der Waals surface area contributed by atoms with E-state index in [1.165, 1.54) is 0 Å². The number of aromatic nitrogens is 2. The number of rotatable bonds is 3. The predicted octanol–water partition coefficient (Wildman–Crippen LogP) is 2.54. The Hall–Kier alpha value is -1.60. The van der Waals surface area contributed by atoms with Crippen LogP contribution < -0.4 is 5.32 Å². The number of nitrogens with zero attached hydrogens (tertiary/aromatic N) is 3. The van der Waals surface area contributed by atoms with E-state index < -0.39 is 0 Å². The highest BCUT2D eigenvalue weighted by Crippen LogP contribution is 2.29. The molecule has 21 heavy (non-hydrogen) atoms. The molecule has 1 aliphatic heterocycles. The van der Waals surface area contributed by atoms with Crippen LogP contribution >= 0.6 is 15.9 Å². The fourth-order valence-corrected chi connectivity index (χ4v) is 3.35. The van der Waals surface area contributed by atoms with Crippen LogP contribution in [0.4, 0.5) is 5.69 Å². The number of halogens is 1. The summed E-state index contributed by atoms with van der Waals surface area (Å²) in [4.78, 5) is 6.58. The van der Waals surface area contributed by atoms with Gasteiger partial charge in [0.25, 0.3) is 0 Å². The van der Waals surface area contributed by atoms with Crippen molar-refractivity contribution >= 4 is 38.9 Å². The summed E-state index contributed by atoms with van der Waals surface area (Å²) in [6.07, 6.45) is 3.27. The molecule has 1 fully saturated rings. The molecule has 1 aromatic heterocycles. The second-order valence-electron chi connectivity index (χ2n) is 5.47. The quantitative estimate of drug-likeness (QED) is 0.586. The van der Waals surface area contributed by atoms with Crippen molar-refractivity contribution in [1.29, 1.82) is 5.41 Å². The lowest BCUT2D eigenvalue weighted by Gasteiger charge is -2.30. The number of likely N-dealkylation sites (tertiary alicyclic amines) is 1. The summed E-state index contributed by atoms with van der Waals surface area (Å²) in [6.45, 7) is 2.20. The third kappa shape index (κ3) is 2.75. The Morgan fingerprint density at radius 3 is 2.81 bits per heavy atom. The minimum atomic E-state index is 0.224. The Bertz CT molecular complexity index is 676. The molecule has 3 N–H and O–H groups in total. The maximum atomic E-state index is 9.96. The fraction of sp³-hybridized carbons (Fsp3) is 0.429. The zero-order chi connectivity index (χ0) is 15.0. The van der Waals surface area contributed by atoms with E-state index in [0.717, 1.165) is 47.0 Å². The summed E-state index contributed by atoms with van der Waals surface area (Å²) in [7, 11) is 2.14. The van der Waals surface area contributed by atoms with Crippen molar-refractivity contribution in [3.8, 4) is 0 Å². The number of anilines is 1. The minimum absolute atomic E-state index is 0.224. The van der Waals surface area contributed by atoms with Gasteiger partial charge < -0.3 is 20.8 Å². The molecule has 0 amide bonds. The number of hydrogen-bond acceptors (Lipinski definition) is 5. The molecule has 0 aliphatic carbocycles. The van der Waals surface area contributed by atoms with Gasteiger partial charge in [0.1, 0.15) is 5.52 Å². The molecule has 0 bridgehead atoms. The van der Waals surface area contributed by atoms with E-state index in [1.54, 1.807) is 0 Å². The lowest BCUT2D eigenvalue weighted by Crippen LogP contribution is -2.36. The van der Waals surface area contributed by atoms with Crippen LogP contribution in [-0.2, 0) is 0 Å². The number of fused-ring (bicyclic) bond motifs is 1. The van der Waals surface area contributed by atoms with Crippen LogP contribution in [0.15, 0.2) is 16.6 Å². The number of hydrogen-bond donors (Lipinski definition) is 3. The van der Waals surface area contributed by atoms with E-state index >= 15 is 0 Å².